The summed E-state index contributed by atoms with van der Waals surface area (Å²) < 4.78 is 14.9. The van der Waals surface area contributed by atoms with Gasteiger partial charge < -0.3 is 4.90 Å². The zero-order valence-electron chi connectivity index (χ0n) is 16.7. The highest BCUT2D eigenvalue weighted by atomic mass is 19.1. The molecule has 1 amide bonds. The molecule has 29 heavy (non-hydrogen) atoms. The average Bonchev–Trinajstić information content (AvgIpc) is 3.14. The van der Waals surface area contributed by atoms with Crippen LogP contribution in [0.15, 0.2) is 36.8 Å². The third-order valence-corrected chi connectivity index (χ3v) is 5.32. The lowest BCUT2D eigenvalue weighted by Crippen LogP contribution is -2.40. The van der Waals surface area contributed by atoms with E-state index < -0.39 is 6.17 Å². The molecule has 1 aliphatic heterocycles. The molecule has 0 unspecified atom stereocenters. The van der Waals surface area contributed by atoms with Crippen LogP contribution in [0.1, 0.15) is 19.8 Å². The SMILES string of the molecule is C[C@@H](F)CN1CCC(C(=O)Nc2ncc3ccc(-c4cnn(C)c4)cc3n2)CC1. The highest BCUT2D eigenvalue weighted by Crippen LogP contribution is 2.24. The van der Waals surface area contributed by atoms with Gasteiger partial charge >= 0.3 is 0 Å². The van der Waals surface area contributed by atoms with Crippen LogP contribution in [0.5, 0.6) is 0 Å². The van der Waals surface area contributed by atoms with Crippen LogP contribution in [0.4, 0.5) is 10.3 Å². The Kier molecular flexibility index (Phi) is 5.53. The molecule has 1 N–H and O–H groups in total. The number of aryl methyl sites for hydroxylation is 1. The fraction of sp³-hybridized carbons (Fsp3) is 0.429. The van der Waals surface area contributed by atoms with Gasteiger partial charge in [-0.05, 0) is 44.5 Å². The Morgan fingerprint density at radius 1 is 1.28 bits per heavy atom. The molecule has 3 heterocycles. The normalized spacial score (nSPS) is 16.8. The molecule has 0 radical (unpaired) electrons. The highest BCUT2D eigenvalue weighted by Gasteiger charge is 2.26. The summed E-state index contributed by atoms with van der Waals surface area (Å²) in [7, 11) is 1.88. The number of rotatable bonds is 5. The molecule has 0 bridgehead atoms. The first-order valence-corrected chi connectivity index (χ1v) is 9.91. The van der Waals surface area contributed by atoms with E-state index in [1.165, 1.54) is 0 Å². The van der Waals surface area contributed by atoms with Crippen LogP contribution in [0.2, 0.25) is 0 Å². The number of carbonyl (C=O) groups excluding carboxylic acids is 1. The predicted octanol–water partition coefficient (Wildman–Crippen LogP) is 3.04. The topological polar surface area (TPSA) is 75.9 Å². The lowest BCUT2D eigenvalue weighted by atomic mass is 9.96. The minimum atomic E-state index is -0.845. The molecule has 0 aliphatic carbocycles. The van der Waals surface area contributed by atoms with E-state index in [1.54, 1.807) is 24.0 Å². The summed E-state index contributed by atoms with van der Waals surface area (Å²) >= 11 is 0. The number of likely N-dealkylation sites (tertiary alicyclic amines) is 1. The maximum absolute atomic E-state index is 13.2. The summed E-state index contributed by atoms with van der Waals surface area (Å²) in [5.41, 5.74) is 2.78. The second-order valence-corrected chi connectivity index (χ2v) is 7.71. The quantitative estimate of drug-likeness (QED) is 0.717. The number of carbonyl (C=O) groups is 1. The Hall–Kier alpha value is -2.87. The van der Waals surface area contributed by atoms with Crippen molar-refractivity contribution in [3.05, 3.63) is 36.8 Å². The van der Waals surface area contributed by atoms with E-state index >= 15 is 0 Å². The van der Waals surface area contributed by atoms with Crippen molar-refractivity contribution in [1.82, 2.24) is 24.6 Å². The number of aromatic nitrogens is 4. The van der Waals surface area contributed by atoms with Gasteiger partial charge in [-0.2, -0.15) is 5.10 Å². The van der Waals surface area contributed by atoms with Crippen LogP contribution in [0.3, 0.4) is 0 Å². The number of fused-ring (bicyclic) bond motifs is 1. The molecular weight excluding hydrogens is 371 g/mol. The zero-order chi connectivity index (χ0) is 20.4. The largest absolute Gasteiger partial charge is 0.300 e. The van der Waals surface area contributed by atoms with E-state index in [9.17, 15) is 9.18 Å². The van der Waals surface area contributed by atoms with E-state index in [-0.39, 0.29) is 11.8 Å². The minimum absolute atomic E-state index is 0.0688. The van der Waals surface area contributed by atoms with Crippen LogP contribution in [0.25, 0.3) is 22.0 Å². The third kappa shape index (κ3) is 4.59. The Bertz CT molecular complexity index is 1010. The molecule has 0 saturated carbocycles. The number of alkyl halides is 1. The van der Waals surface area contributed by atoms with Crippen molar-refractivity contribution in [1.29, 1.82) is 0 Å². The molecule has 1 saturated heterocycles. The summed E-state index contributed by atoms with van der Waals surface area (Å²) in [6, 6.07) is 5.94. The van der Waals surface area contributed by atoms with Gasteiger partial charge in [0.2, 0.25) is 11.9 Å². The van der Waals surface area contributed by atoms with Gasteiger partial charge in [0.15, 0.2) is 0 Å². The molecule has 7 nitrogen and oxygen atoms in total. The number of halogens is 1. The first-order chi connectivity index (χ1) is 14.0. The van der Waals surface area contributed by atoms with Gasteiger partial charge in [0.05, 0.1) is 11.7 Å². The van der Waals surface area contributed by atoms with Crippen molar-refractivity contribution in [3.63, 3.8) is 0 Å². The number of benzene rings is 1. The summed E-state index contributed by atoms with van der Waals surface area (Å²) in [5, 5.41) is 7.96. The molecule has 1 aliphatic rings. The predicted molar refractivity (Wildman–Crippen MR) is 110 cm³/mol. The number of nitrogens with zero attached hydrogens (tertiary/aromatic N) is 5. The van der Waals surface area contributed by atoms with Crippen molar-refractivity contribution in [2.24, 2.45) is 13.0 Å². The van der Waals surface area contributed by atoms with Crippen LogP contribution in [-0.2, 0) is 11.8 Å². The minimum Gasteiger partial charge on any atom is -0.300 e. The summed E-state index contributed by atoms with van der Waals surface area (Å²) in [6.45, 7) is 3.47. The Labute approximate surface area is 168 Å². The third-order valence-electron chi connectivity index (χ3n) is 5.32. The number of anilines is 1. The van der Waals surface area contributed by atoms with Gasteiger partial charge in [-0.25, -0.2) is 14.4 Å². The molecule has 1 atom stereocenters. The fourth-order valence-electron chi connectivity index (χ4n) is 3.78. The summed E-state index contributed by atoms with van der Waals surface area (Å²) in [6.07, 6.45) is 6.07. The second-order valence-electron chi connectivity index (χ2n) is 7.71. The monoisotopic (exact) mass is 396 g/mol. The maximum Gasteiger partial charge on any atom is 0.229 e. The molecule has 8 heteroatoms. The number of nitrogens with one attached hydrogen (secondary N) is 1. The van der Waals surface area contributed by atoms with E-state index in [0.717, 1.165) is 48.0 Å². The van der Waals surface area contributed by atoms with Gasteiger partial charge in [0.1, 0.15) is 6.17 Å². The molecule has 2 aromatic heterocycles. The smallest absolute Gasteiger partial charge is 0.229 e. The second kappa shape index (κ2) is 8.24. The number of hydrogen-bond donors (Lipinski definition) is 1. The number of piperidine rings is 1. The molecule has 152 valence electrons. The van der Waals surface area contributed by atoms with E-state index in [0.29, 0.717) is 12.5 Å². The molecule has 1 fully saturated rings. The van der Waals surface area contributed by atoms with Crippen LogP contribution in [-0.4, -0.2) is 56.4 Å². The van der Waals surface area contributed by atoms with Gasteiger partial charge in [-0.1, -0.05) is 12.1 Å². The maximum atomic E-state index is 13.2. The van der Waals surface area contributed by atoms with E-state index in [1.807, 2.05) is 31.4 Å². The molecular formula is C21H25FN6O. The summed E-state index contributed by atoms with van der Waals surface area (Å²) in [4.78, 5) is 23.5. The van der Waals surface area contributed by atoms with Crippen molar-refractivity contribution >= 4 is 22.8 Å². The zero-order valence-corrected chi connectivity index (χ0v) is 16.7. The van der Waals surface area contributed by atoms with Crippen molar-refractivity contribution in [2.75, 3.05) is 25.0 Å². The van der Waals surface area contributed by atoms with E-state index in [2.05, 4.69) is 25.3 Å². The summed E-state index contributed by atoms with van der Waals surface area (Å²) in [5.74, 6) is 0.147. The van der Waals surface area contributed by atoms with Gasteiger partial charge in [-0.3, -0.25) is 14.8 Å². The Balaban J connectivity index is 1.44. The lowest BCUT2D eigenvalue weighted by molar-refractivity contribution is -0.121. The van der Waals surface area contributed by atoms with E-state index in [4.69, 9.17) is 0 Å². The fourth-order valence-corrected chi connectivity index (χ4v) is 3.78. The number of amides is 1. The first-order valence-electron chi connectivity index (χ1n) is 9.91. The Morgan fingerprint density at radius 2 is 2.07 bits per heavy atom. The first kappa shape index (κ1) is 19.4. The molecule has 0 spiro atoms. The highest BCUT2D eigenvalue weighted by molar-refractivity contribution is 5.92. The van der Waals surface area contributed by atoms with Crippen molar-refractivity contribution < 1.29 is 9.18 Å². The van der Waals surface area contributed by atoms with Crippen LogP contribution in [0, 0.1) is 5.92 Å². The molecule has 1 aromatic carbocycles. The van der Waals surface area contributed by atoms with Gasteiger partial charge in [0, 0.05) is 42.9 Å². The molecule has 3 aromatic rings. The van der Waals surface area contributed by atoms with Crippen molar-refractivity contribution in [2.45, 2.75) is 25.9 Å². The number of hydrogen-bond acceptors (Lipinski definition) is 5. The average molecular weight is 396 g/mol. The van der Waals surface area contributed by atoms with Gasteiger partial charge in [0.25, 0.3) is 0 Å². The lowest BCUT2D eigenvalue weighted by Gasteiger charge is -2.31. The van der Waals surface area contributed by atoms with Crippen LogP contribution < -0.4 is 5.32 Å². The van der Waals surface area contributed by atoms with Gasteiger partial charge in [-0.15, -0.1) is 0 Å². The van der Waals surface area contributed by atoms with Crippen LogP contribution >= 0.6 is 0 Å². The molecule has 4 rings (SSSR count). The Morgan fingerprint density at radius 3 is 2.76 bits per heavy atom. The van der Waals surface area contributed by atoms with Crippen molar-refractivity contribution in [3.8, 4) is 11.1 Å². The standard InChI is InChI=1S/C21H25FN6O/c1-14(22)12-28-7-5-15(6-8-28)20(29)26-21-23-10-17-4-3-16(9-19(17)25-21)18-11-24-27(2)13-18/h3-4,9-11,13-15H,5-8,12H2,1-2H3,(H,23,25,26,29)/t14-/m1/s1.